The average Bonchev–Trinajstić information content (AvgIpc) is 2.90. The Bertz CT molecular complexity index is 758. The van der Waals surface area contributed by atoms with Crippen LogP contribution in [-0.4, -0.2) is 9.38 Å². The number of para-hydroxylation sites is 1. The van der Waals surface area contributed by atoms with Gasteiger partial charge in [0.25, 0.3) is 0 Å². The molecule has 3 aromatic rings. The number of hydrogen-bond acceptors (Lipinski definition) is 3. The van der Waals surface area contributed by atoms with E-state index in [1.165, 1.54) is 6.07 Å². The van der Waals surface area contributed by atoms with Gasteiger partial charge in [-0.05, 0) is 26.0 Å². The molecule has 0 radical (unpaired) electrons. The van der Waals surface area contributed by atoms with E-state index in [9.17, 15) is 4.39 Å². The smallest absolute Gasteiger partial charge is 0.194 e. The third-order valence-electron chi connectivity index (χ3n) is 3.23. The van der Waals surface area contributed by atoms with Gasteiger partial charge in [0.05, 0.1) is 28.6 Å². The SMILES string of the molecule is Cc1nc2scc(C)n2c1CNc1c(F)cccc1Cl. The monoisotopic (exact) mass is 309 g/mol. The highest BCUT2D eigenvalue weighted by atomic mass is 35.5. The summed E-state index contributed by atoms with van der Waals surface area (Å²) in [4.78, 5) is 5.46. The molecule has 0 aliphatic carbocycles. The molecule has 0 aliphatic heterocycles. The molecule has 0 amide bonds. The summed E-state index contributed by atoms with van der Waals surface area (Å²) in [6, 6.07) is 4.65. The lowest BCUT2D eigenvalue weighted by Gasteiger charge is -2.10. The number of nitrogens with zero attached hydrogens (tertiary/aromatic N) is 2. The summed E-state index contributed by atoms with van der Waals surface area (Å²) in [6.07, 6.45) is 0. The van der Waals surface area contributed by atoms with Crippen LogP contribution in [0.25, 0.3) is 4.96 Å². The number of halogens is 2. The summed E-state index contributed by atoms with van der Waals surface area (Å²) < 4.78 is 15.8. The second-order valence-corrected chi connectivity index (χ2v) is 5.83. The van der Waals surface area contributed by atoms with Crippen LogP contribution in [0.5, 0.6) is 0 Å². The van der Waals surface area contributed by atoms with E-state index in [0.29, 0.717) is 17.3 Å². The Balaban J connectivity index is 1.94. The van der Waals surface area contributed by atoms with Crippen molar-refractivity contribution in [3.8, 4) is 0 Å². The summed E-state index contributed by atoms with van der Waals surface area (Å²) in [5.74, 6) is -0.349. The van der Waals surface area contributed by atoms with Crippen LogP contribution in [0.2, 0.25) is 5.02 Å². The van der Waals surface area contributed by atoms with Gasteiger partial charge in [0.15, 0.2) is 4.96 Å². The average molecular weight is 310 g/mol. The summed E-state index contributed by atoms with van der Waals surface area (Å²) in [6.45, 7) is 4.47. The number of imidazole rings is 1. The molecule has 2 heterocycles. The van der Waals surface area contributed by atoms with Crippen LogP contribution in [0.3, 0.4) is 0 Å². The van der Waals surface area contributed by atoms with Gasteiger partial charge in [0.1, 0.15) is 5.82 Å². The van der Waals surface area contributed by atoms with Crippen LogP contribution < -0.4 is 5.32 Å². The molecule has 0 spiro atoms. The van der Waals surface area contributed by atoms with Gasteiger partial charge in [-0.2, -0.15) is 0 Å². The maximum Gasteiger partial charge on any atom is 0.194 e. The van der Waals surface area contributed by atoms with E-state index in [1.54, 1.807) is 23.5 Å². The Hall–Kier alpha value is -1.59. The molecule has 0 fully saturated rings. The molecule has 2 aromatic heterocycles. The van der Waals surface area contributed by atoms with E-state index in [0.717, 1.165) is 22.0 Å². The fourth-order valence-electron chi connectivity index (χ4n) is 2.21. The predicted molar refractivity (Wildman–Crippen MR) is 81.3 cm³/mol. The van der Waals surface area contributed by atoms with Gasteiger partial charge in [0.2, 0.25) is 0 Å². The topological polar surface area (TPSA) is 29.3 Å². The number of anilines is 1. The molecule has 20 heavy (non-hydrogen) atoms. The Morgan fingerprint density at radius 2 is 2.20 bits per heavy atom. The van der Waals surface area contributed by atoms with Crippen molar-refractivity contribution in [1.82, 2.24) is 9.38 Å². The molecule has 3 nitrogen and oxygen atoms in total. The maximum atomic E-state index is 13.7. The van der Waals surface area contributed by atoms with Crippen LogP contribution in [0, 0.1) is 19.7 Å². The van der Waals surface area contributed by atoms with Gasteiger partial charge in [-0.3, -0.25) is 4.40 Å². The van der Waals surface area contributed by atoms with Crippen molar-refractivity contribution in [3.05, 3.63) is 51.5 Å². The Morgan fingerprint density at radius 1 is 1.40 bits per heavy atom. The molecule has 0 atom stereocenters. The number of fused-ring (bicyclic) bond motifs is 1. The normalized spacial score (nSPS) is 11.2. The molecule has 1 N–H and O–H groups in total. The van der Waals surface area contributed by atoms with Gasteiger partial charge < -0.3 is 5.32 Å². The first-order valence-electron chi connectivity index (χ1n) is 6.18. The lowest BCUT2D eigenvalue weighted by atomic mass is 10.2. The molecule has 3 rings (SSSR count). The summed E-state index contributed by atoms with van der Waals surface area (Å²) in [7, 11) is 0. The molecule has 0 aliphatic rings. The second-order valence-electron chi connectivity index (χ2n) is 4.59. The maximum absolute atomic E-state index is 13.7. The van der Waals surface area contributed by atoms with Crippen molar-refractivity contribution < 1.29 is 4.39 Å². The van der Waals surface area contributed by atoms with E-state index in [-0.39, 0.29) is 5.82 Å². The minimum Gasteiger partial charge on any atom is -0.376 e. The minimum absolute atomic E-state index is 0.330. The quantitative estimate of drug-likeness (QED) is 0.776. The van der Waals surface area contributed by atoms with Crippen LogP contribution >= 0.6 is 22.9 Å². The number of aryl methyl sites for hydroxylation is 2. The van der Waals surface area contributed by atoms with Gasteiger partial charge in [0, 0.05) is 11.1 Å². The van der Waals surface area contributed by atoms with E-state index in [4.69, 9.17) is 11.6 Å². The zero-order valence-corrected chi connectivity index (χ0v) is 12.6. The number of hydrogen-bond donors (Lipinski definition) is 1. The third-order valence-corrected chi connectivity index (χ3v) is 4.48. The van der Waals surface area contributed by atoms with Crippen molar-refractivity contribution in [3.63, 3.8) is 0 Å². The largest absolute Gasteiger partial charge is 0.376 e. The Morgan fingerprint density at radius 3 is 2.95 bits per heavy atom. The standard InChI is InChI=1S/C14H13ClFN3S/c1-8-7-20-14-18-9(2)12(19(8)14)6-17-13-10(15)4-3-5-11(13)16/h3-5,7,17H,6H2,1-2H3. The van der Waals surface area contributed by atoms with Crippen molar-refractivity contribution in [1.29, 1.82) is 0 Å². The van der Waals surface area contributed by atoms with E-state index in [2.05, 4.69) is 20.1 Å². The van der Waals surface area contributed by atoms with Crippen molar-refractivity contribution in [2.45, 2.75) is 20.4 Å². The predicted octanol–water partition coefficient (Wildman–Crippen LogP) is 4.42. The number of thiazole rings is 1. The van der Waals surface area contributed by atoms with Gasteiger partial charge >= 0.3 is 0 Å². The molecular weight excluding hydrogens is 297 g/mol. The van der Waals surface area contributed by atoms with Crippen LogP contribution in [0.4, 0.5) is 10.1 Å². The number of aromatic nitrogens is 2. The van der Waals surface area contributed by atoms with Crippen LogP contribution in [-0.2, 0) is 6.54 Å². The highest BCUT2D eigenvalue weighted by Crippen LogP contribution is 2.26. The summed E-state index contributed by atoms with van der Waals surface area (Å²) in [5, 5.41) is 5.51. The Kier molecular flexibility index (Phi) is 3.40. The highest BCUT2D eigenvalue weighted by molar-refractivity contribution is 7.15. The molecule has 0 unspecified atom stereocenters. The van der Waals surface area contributed by atoms with Crippen molar-refractivity contribution >= 4 is 33.6 Å². The number of benzene rings is 1. The first-order chi connectivity index (χ1) is 9.58. The van der Waals surface area contributed by atoms with Crippen molar-refractivity contribution in [2.75, 3.05) is 5.32 Å². The van der Waals surface area contributed by atoms with E-state index in [1.807, 2.05) is 13.8 Å². The van der Waals surface area contributed by atoms with Crippen LogP contribution in [0.15, 0.2) is 23.6 Å². The third kappa shape index (κ3) is 2.17. The number of rotatable bonds is 3. The molecule has 1 aromatic carbocycles. The van der Waals surface area contributed by atoms with Gasteiger partial charge in [-0.1, -0.05) is 17.7 Å². The molecule has 104 valence electrons. The lowest BCUT2D eigenvalue weighted by molar-refractivity contribution is 0.630. The zero-order valence-electron chi connectivity index (χ0n) is 11.1. The molecule has 6 heteroatoms. The molecular formula is C14H13ClFN3S. The number of nitrogens with one attached hydrogen (secondary N) is 1. The second kappa shape index (κ2) is 5.07. The minimum atomic E-state index is -0.349. The summed E-state index contributed by atoms with van der Waals surface area (Å²) in [5.41, 5.74) is 3.43. The Labute approximate surface area is 125 Å². The van der Waals surface area contributed by atoms with Gasteiger partial charge in [-0.15, -0.1) is 11.3 Å². The van der Waals surface area contributed by atoms with E-state index >= 15 is 0 Å². The van der Waals surface area contributed by atoms with Gasteiger partial charge in [-0.25, -0.2) is 9.37 Å². The van der Waals surface area contributed by atoms with Crippen LogP contribution in [0.1, 0.15) is 17.1 Å². The molecule has 0 saturated heterocycles. The molecule has 0 saturated carbocycles. The fraction of sp³-hybridized carbons (Fsp3) is 0.214. The molecule has 0 bridgehead atoms. The zero-order chi connectivity index (χ0) is 14.3. The van der Waals surface area contributed by atoms with E-state index < -0.39 is 0 Å². The lowest BCUT2D eigenvalue weighted by Crippen LogP contribution is -2.06. The first-order valence-corrected chi connectivity index (χ1v) is 7.43. The highest BCUT2D eigenvalue weighted by Gasteiger charge is 2.13. The first kappa shape index (κ1) is 13.4. The van der Waals surface area contributed by atoms with Crippen molar-refractivity contribution in [2.24, 2.45) is 0 Å². The fourth-order valence-corrected chi connectivity index (χ4v) is 3.37. The summed E-state index contributed by atoms with van der Waals surface area (Å²) >= 11 is 7.62.